The topological polar surface area (TPSA) is 20.2 Å². The summed E-state index contributed by atoms with van der Waals surface area (Å²) in [5.41, 5.74) is 0.738. The highest BCUT2D eigenvalue weighted by atomic mass is 35.5. The number of halogens is 2. The van der Waals surface area contributed by atoms with Crippen molar-refractivity contribution in [3.8, 4) is 0 Å². The van der Waals surface area contributed by atoms with Crippen molar-refractivity contribution in [2.75, 3.05) is 0 Å². The van der Waals surface area contributed by atoms with Crippen LogP contribution in [0.3, 0.4) is 0 Å². The molecular formula is C10H12Cl2O. The van der Waals surface area contributed by atoms with Gasteiger partial charge in [0.25, 0.3) is 0 Å². The largest absolute Gasteiger partial charge is 0.386 e. The predicted molar refractivity (Wildman–Crippen MR) is 56.4 cm³/mol. The van der Waals surface area contributed by atoms with Crippen molar-refractivity contribution in [2.45, 2.75) is 26.4 Å². The van der Waals surface area contributed by atoms with Gasteiger partial charge in [-0.25, -0.2) is 0 Å². The lowest BCUT2D eigenvalue weighted by Gasteiger charge is -2.21. The maximum absolute atomic E-state index is 9.80. The molecule has 0 saturated carbocycles. The van der Waals surface area contributed by atoms with E-state index in [0.29, 0.717) is 10.0 Å². The van der Waals surface area contributed by atoms with Crippen LogP contribution in [0.2, 0.25) is 10.0 Å². The van der Waals surface area contributed by atoms with E-state index in [1.165, 1.54) is 0 Å². The zero-order valence-electron chi connectivity index (χ0n) is 7.86. The fourth-order valence-electron chi connectivity index (χ4n) is 1.28. The van der Waals surface area contributed by atoms with Crippen molar-refractivity contribution >= 4 is 23.2 Å². The molecule has 72 valence electrons. The molecular weight excluding hydrogens is 207 g/mol. The molecule has 1 aromatic carbocycles. The Kier molecular flexibility index (Phi) is 2.91. The van der Waals surface area contributed by atoms with Gasteiger partial charge < -0.3 is 5.11 Å². The van der Waals surface area contributed by atoms with Crippen LogP contribution in [0.1, 0.15) is 25.0 Å². The average molecular weight is 219 g/mol. The summed E-state index contributed by atoms with van der Waals surface area (Å²) >= 11 is 11.8. The van der Waals surface area contributed by atoms with Gasteiger partial charge in [0.05, 0.1) is 5.60 Å². The Balaban J connectivity index is 3.37. The van der Waals surface area contributed by atoms with Crippen molar-refractivity contribution in [2.24, 2.45) is 0 Å². The molecule has 0 amide bonds. The van der Waals surface area contributed by atoms with Gasteiger partial charge in [-0.05, 0) is 44.0 Å². The third-order valence-corrected chi connectivity index (χ3v) is 2.58. The van der Waals surface area contributed by atoms with Gasteiger partial charge in [-0.2, -0.15) is 0 Å². The van der Waals surface area contributed by atoms with Crippen LogP contribution in [0.5, 0.6) is 0 Å². The van der Waals surface area contributed by atoms with Crippen LogP contribution in [-0.2, 0) is 5.60 Å². The number of hydrogen-bond acceptors (Lipinski definition) is 1. The van der Waals surface area contributed by atoms with E-state index in [4.69, 9.17) is 23.2 Å². The van der Waals surface area contributed by atoms with Gasteiger partial charge in [0.15, 0.2) is 0 Å². The molecule has 1 rings (SSSR count). The van der Waals surface area contributed by atoms with Gasteiger partial charge in [-0.3, -0.25) is 0 Å². The smallest absolute Gasteiger partial charge is 0.0844 e. The second-order valence-corrected chi connectivity index (χ2v) is 4.46. The second kappa shape index (κ2) is 3.49. The lowest BCUT2D eigenvalue weighted by Crippen LogP contribution is -2.17. The zero-order valence-corrected chi connectivity index (χ0v) is 9.37. The van der Waals surface area contributed by atoms with Gasteiger partial charge >= 0.3 is 0 Å². The minimum Gasteiger partial charge on any atom is -0.386 e. The van der Waals surface area contributed by atoms with E-state index in [1.54, 1.807) is 26.0 Å². The lowest BCUT2D eigenvalue weighted by atomic mass is 9.94. The lowest BCUT2D eigenvalue weighted by molar-refractivity contribution is 0.0779. The minimum atomic E-state index is -0.904. The van der Waals surface area contributed by atoms with Crippen LogP contribution in [0.4, 0.5) is 0 Å². The molecule has 0 aliphatic heterocycles. The molecule has 3 heteroatoms. The number of benzene rings is 1. The Bertz CT molecular complexity index is 326. The Labute approximate surface area is 88.3 Å². The molecule has 0 fully saturated rings. The summed E-state index contributed by atoms with van der Waals surface area (Å²) in [6.07, 6.45) is 0. The minimum absolute atomic E-state index is 0.549. The molecule has 0 atom stereocenters. The van der Waals surface area contributed by atoms with Gasteiger partial charge in [-0.1, -0.05) is 23.2 Å². The van der Waals surface area contributed by atoms with Crippen molar-refractivity contribution in [1.29, 1.82) is 0 Å². The van der Waals surface area contributed by atoms with Gasteiger partial charge in [-0.15, -0.1) is 0 Å². The molecule has 0 aromatic heterocycles. The summed E-state index contributed by atoms with van der Waals surface area (Å²) in [5, 5.41) is 10.9. The summed E-state index contributed by atoms with van der Waals surface area (Å²) in [4.78, 5) is 0. The van der Waals surface area contributed by atoms with Crippen LogP contribution in [0.25, 0.3) is 0 Å². The summed E-state index contributed by atoms with van der Waals surface area (Å²) in [6, 6.07) is 3.41. The van der Waals surface area contributed by atoms with Gasteiger partial charge in [0.1, 0.15) is 0 Å². The molecule has 0 heterocycles. The first-order valence-electron chi connectivity index (χ1n) is 4.01. The van der Waals surface area contributed by atoms with E-state index in [2.05, 4.69) is 0 Å². The van der Waals surface area contributed by atoms with E-state index in [0.717, 1.165) is 11.1 Å². The quantitative estimate of drug-likeness (QED) is 0.765. The molecule has 0 saturated heterocycles. The SMILES string of the molecule is Cc1c(Cl)cc(Cl)cc1C(C)(C)O. The van der Waals surface area contributed by atoms with E-state index in [-0.39, 0.29) is 0 Å². The molecule has 1 N–H and O–H groups in total. The van der Waals surface area contributed by atoms with Gasteiger partial charge in [0.2, 0.25) is 0 Å². The Morgan fingerprint density at radius 3 is 2.23 bits per heavy atom. The summed E-state index contributed by atoms with van der Waals surface area (Å²) in [6.45, 7) is 5.29. The van der Waals surface area contributed by atoms with Crippen molar-refractivity contribution in [3.63, 3.8) is 0 Å². The third-order valence-electron chi connectivity index (χ3n) is 1.97. The standard InChI is InChI=1S/C10H12Cl2O/c1-6-8(10(2,3)13)4-7(11)5-9(6)12/h4-5,13H,1-3H3. The molecule has 0 aliphatic carbocycles. The fourth-order valence-corrected chi connectivity index (χ4v) is 1.77. The van der Waals surface area contributed by atoms with Crippen LogP contribution in [-0.4, -0.2) is 5.11 Å². The first-order valence-corrected chi connectivity index (χ1v) is 4.76. The van der Waals surface area contributed by atoms with Crippen molar-refractivity contribution in [3.05, 3.63) is 33.3 Å². The molecule has 0 bridgehead atoms. The highest BCUT2D eigenvalue weighted by molar-refractivity contribution is 6.35. The molecule has 1 aromatic rings. The molecule has 0 spiro atoms. The molecule has 0 aliphatic rings. The summed E-state index contributed by atoms with van der Waals surface area (Å²) in [7, 11) is 0. The maximum atomic E-state index is 9.80. The second-order valence-electron chi connectivity index (χ2n) is 3.62. The van der Waals surface area contributed by atoms with E-state index < -0.39 is 5.60 Å². The monoisotopic (exact) mass is 218 g/mol. The van der Waals surface area contributed by atoms with Crippen LogP contribution in [0.15, 0.2) is 12.1 Å². The number of hydrogen-bond donors (Lipinski definition) is 1. The number of rotatable bonds is 1. The maximum Gasteiger partial charge on any atom is 0.0844 e. The Hall–Kier alpha value is -0.240. The molecule has 13 heavy (non-hydrogen) atoms. The van der Waals surface area contributed by atoms with Crippen molar-refractivity contribution < 1.29 is 5.11 Å². The normalized spacial score (nSPS) is 11.8. The fraction of sp³-hybridized carbons (Fsp3) is 0.400. The van der Waals surface area contributed by atoms with Crippen LogP contribution < -0.4 is 0 Å². The van der Waals surface area contributed by atoms with Crippen LogP contribution in [0, 0.1) is 6.92 Å². The Morgan fingerprint density at radius 2 is 1.77 bits per heavy atom. The van der Waals surface area contributed by atoms with E-state index in [1.807, 2.05) is 6.92 Å². The third kappa shape index (κ3) is 2.37. The summed E-state index contributed by atoms with van der Waals surface area (Å²) < 4.78 is 0. The predicted octanol–water partition coefficient (Wildman–Crippen LogP) is 3.53. The molecule has 0 radical (unpaired) electrons. The molecule has 1 nitrogen and oxygen atoms in total. The summed E-state index contributed by atoms with van der Waals surface area (Å²) in [5.74, 6) is 0. The number of aliphatic hydroxyl groups is 1. The first-order chi connectivity index (χ1) is 5.82. The van der Waals surface area contributed by atoms with E-state index in [9.17, 15) is 5.11 Å². The average Bonchev–Trinajstić information content (AvgIpc) is 1.94. The Morgan fingerprint density at radius 1 is 1.23 bits per heavy atom. The highest BCUT2D eigenvalue weighted by Crippen LogP contribution is 2.31. The molecule has 0 unspecified atom stereocenters. The van der Waals surface area contributed by atoms with Crippen molar-refractivity contribution in [1.82, 2.24) is 0 Å². The first kappa shape index (κ1) is 10.8. The zero-order chi connectivity index (χ0) is 10.2. The highest BCUT2D eigenvalue weighted by Gasteiger charge is 2.20. The van der Waals surface area contributed by atoms with E-state index >= 15 is 0 Å². The van der Waals surface area contributed by atoms with Gasteiger partial charge in [0, 0.05) is 10.0 Å². The van der Waals surface area contributed by atoms with Crippen LogP contribution >= 0.6 is 23.2 Å².